The second-order valence-electron chi connectivity index (χ2n) is 4.70. The van der Waals surface area contributed by atoms with Gasteiger partial charge in [0.1, 0.15) is 5.75 Å². The Hall–Kier alpha value is -3.06. The van der Waals surface area contributed by atoms with Crippen molar-refractivity contribution in [3.63, 3.8) is 0 Å². The molecule has 0 saturated heterocycles. The minimum Gasteiger partial charge on any atom is -0.484 e. The molecule has 0 spiro atoms. The third kappa shape index (κ3) is 4.72. The summed E-state index contributed by atoms with van der Waals surface area (Å²) in [4.78, 5) is 33.9. The number of aromatic carboxylic acids is 2. The van der Waals surface area contributed by atoms with Crippen LogP contribution in [0.1, 0.15) is 20.7 Å². The van der Waals surface area contributed by atoms with Gasteiger partial charge in [-0.25, -0.2) is 9.59 Å². The van der Waals surface area contributed by atoms with Crippen molar-refractivity contribution in [2.45, 2.75) is 0 Å². The molecule has 0 unspecified atom stereocenters. The monoisotopic (exact) mass is 349 g/mol. The number of anilines is 1. The zero-order valence-electron chi connectivity index (χ0n) is 12.2. The van der Waals surface area contributed by atoms with Crippen molar-refractivity contribution in [1.29, 1.82) is 0 Å². The minimum atomic E-state index is -1.30. The number of rotatable bonds is 6. The second kappa shape index (κ2) is 7.47. The quantitative estimate of drug-likeness (QED) is 0.739. The molecule has 0 aromatic heterocycles. The van der Waals surface area contributed by atoms with Gasteiger partial charge in [0.05, 0.1) is 11.1 Å². The van der Waals surface area contributed by atoms with Crippen molar-refractivity contribution in [3.05, 3.63) is 58.6 Å². The van der Waals surface area contributed by atoms with Crippen LogP contribution in [-0.2, 0) is 4.79 Å². The van der Waals surface area contributed by atoms with E-state index in [2.05, 4.69) is 5.32 Å². The Balaban J connectivity index is 2.06. The van der Waals surface area contributed by atoms with Gasteiger partial charge in [0.25, 0.3) is 5.91 Å². The van der Waals surface area contributed by atoms with Gasteiger partial charge in [-0.2, -0.15) is 0 Å². The number of ether oxygens (including phenoxy) is 1. The molecule has 0 aliphatic rings. The van der Waals surface area contributed by atoms with Crippen molar-refractivity contribution in [1.82, 2.24) is 0 Å². The van der Waals surface area contributed by atoms with Gasteiger partial charge in [0, 0.05) is 10.7 Å². The molecule has 0 atom stereocenters. The third-order valence-electron chi connectivity index (χ3n) is 2.89. The van der Waals surface area contributed by atoms with Gasteiger partial charge in [-0.15, -0.1) is 0 Å². The first-order valence-corrected chi connectivity index (χ1v) is 7.03. The number of carboxylic acids is 2. The molecule has 2 aromatic carbocycles. The molecular weight excluding hydrogens is 338 g/mol. The summed E-state index contributed by atoms with van der Waals surface area (Å²) in [5.41, 5.74) is -0.440. The first kappa shape index (κ1) is 17.3. The smallest absolute Gasteiger partial charge is 0.335 e. The fourth-order valence-electron chi connectivity index (χ4n) is 1.82. The maximum absolute atomic E-state index is 11.9. The Morgan fingerprint density at radius 2 is 1.50 bits per heavy atom. The van der Waals surface area contributed by atoms with E-state index in [-0.39, 0.29) is 23.4 Å². The maximum atomic E-state index is 11.9. The number of carboxylic acid groups (broad SMARTS) is 2. The lowest BCUT2D eigenvalue weighted by molar-refractivity contribution is -0.118. The van der Waals surface area contributed by atoms with Crippen LogP contribution in [0.2, 0.25) is 5.02 Å². The molecule has 7 nitrogen and oxygen atoms in total. The molecule has 3 N–H and O–H groups in total. The Bertz CT molecular complexity index is 755. The summed E-state index contributed by atoms with van der Waals surface area (Å²) in [6.45, 7) is -0.332. The van der Waals surface area contributed by atoms with Gasteiger partial charge in [-0.3, -0.25) is 4.79 Å². The summed E-state index contributed by atoms with van der Waals surface area (Å²) in [5, 5.41) is 20.9. The number of nitrogens with one attached hydrogen (secondary N) is 1. The molecule has 0 radical (unpaired) electrons. The highest BCUT2D eigenvalue weighted by Gasteiger charge is 2.13. The Labute approximate surface area is 141 Å². The summed E-state index contributed by atoms with van der Waals surface area (Å²) >= 11 is 5.73. The van der Waals surface area contributed by atoms with E-state index in [9.17, 15) is 14.4 Å². The number of hydrogen-bond acceptors (Lipinski definition) is 4. The first-order valence-electron chi connectivity index (χ1n) is 6.65. The first-order chi connectivity index (χ1) is 11.3. The van der Waals surface area contributed by atoms with E-state index in [1.807, 2.05) is 0 Å². The topological polar surface area (TPSA) is 113 Å². The van der Waals surface area contributed by atoms with Crippen LogP contribution < -0.4 is 10.1 Å². The van der Waals surface area contributed by atoms with Crippen molar-refractivity contribution in [2.24, 2.45) is 0 Å². The lowest BCUT2D eigenvalue weighted by Gasteiger charge is -2.09. The lowest BCUT2D eigenvalue weighted by Crippen LogP contribution is -2.20. The summed E-state index contributed by atoms with van der Waals surface area (Å²) < 4.78 is 5.25. The molecule has 2 aromatic rings. The lowest BCUT2D eigenvalue weighted by atomic mass is 10.1. The van der Waals surface area contributed by atoms with Gasteiger partial charge in [0.2, 0.25) is 0 Å². The summed E-state index contributed by atoms with van der Waals surface area (Å²) in [7, 11) is 0. The normalized spacial score (nSPS) is 10.0. The van der Waals surface area contributed by atoms with Crippen LogP contribution in [0.25, 0.3) is 0 Å². The Morgan fingerprint density at radius 3 is 2.00 bits per heavy atom. The highest BCUT2D eigenvalue weighted by atomic mass is 35.5. The molecule has 0 saturated carbocycles. The van der Waals surface area contributed by atoms with E-state index in [0.29, 0.717) is 10.8 Å². The molecule has 8 heteroatoms. The summed E-state index contributed by atoms with van der Waals surface area (Å²) in [6.07, 6.45) is 0. The van der Waals surface area contributed by atoms with E-state index < -0.39 is 17.8 Å². The molecule has 2 rings (SSSR count). The van der Waals surface area contributed by atoms with Gasteiger partial charge in [0.15, 0.2) is 6.61 Å². The van der Waals surface area contributed by atoms with Gasteiger partial charge in [-0.1, -0.05) is 11.6 Å². The van der Waals surface area contributed by atoms with Crippen LogP contribution in [0.15, 0.2) is 42.5 Å². The third-order valence-corrected chi connectivity index (χ3v) is 3.15. The molecule has 124 valence electrons. The average Bonchev–Trinajstić information content (AvgIpc) is 2.54. The van der Waals surface area contributed by atoms with Crippen molar-refractivity contribution in [3.8, 4) is 5.75 Å². The van der Waals surface area contributed by atoms with Crippen LogP contribution in [0.3, 0.4) is 0 Å². The fraction of sp³-hybridized carbons (Fsp3) is 0.0625. The zero-order chi connectivity index (χ0) is 17.7. The number of carbonyl (C=O) groups is 3. The molecular formula is C16H12ClNO6. The molecule has 0 bridgehead atoms. The van der Waals surface area contributed by atoms with E-state index in [0.717, 1.165) is 18.2 Å². The van der Waals surface area contributed by atoms with Crippen LogP contribution >= 0.6 is 11.6 Å². The van der Waals surface area contributed by atoms with Crippen LogP contribution in [0.4, 0.5) is 5.69 Å². The number of amides is 1. The maximum Gasteiger partial charge on any atom is 0.335 e. The molecule has 0 heterocycles. The number of halogens is 1. The standard InChI is InChI=1S/C16H12ClNO6/c17-11-1-3-13(4-2-11)24-8-14(19)18-12-6-9(15(20)21)5-10(7-12)16(22)23/h1-7H,8H2,(H,18,19)(H,20,21)(H,22,23). The summed E-state index contributed by atoms with van der Waals surface area (Å²) in [6, 6.07) is 9.70. The van der Waals surface area contributed by atoms with Crippen LogP contribution in [-0.4, -0.2) is 34.7 Å². The molecule has 24 heavy (non-hydrogen) atoms. The van der Waals surface area contributed by atoms with Gasteiger partial charge < -0.3 is 20.3 Å². The molecule has 0 aliphatic carbocycles. The molecule has 0 aliphatic heterocycles. The van der Waals surface area contributed by atoms with Crippen LogP contribution in [0, 0.1) is 0 Å². The zero-order valence-corrected chi connectivity index (χ0v) is 12.9. The highest BCUT2D eigenvalue weighted by Crippen LogP contribution is 2.17. The molecule has 0 fully saturated rings. The van der Waals surface area contributed by atoms with Crippen molar-refractivity contribution < 1.29 is 29.3 Å². The van der Waals surface area contributed by atoms with Crippen LogP contribution in [0.5, 0.6) is 5.75 Å². The van der Waals surface area contributed by atoms with E-state index in [1.165, 1.54) is 0 Å². The molecule has 1 amide bonds. The van der Waals surface area contributed by atoms with Crippen molar-refractivity contribution in [2.75, 3.05) is 11.9 Å². The Kier molecular flexibility index (Phi) is 5.39. The largest absolute Gasteiger partial charge is 0.484 e. The van der Waals surface area contributed by atoms with E-state index in [1.54, 1.807) is 24.3 Å². The van der Waals surface area contributed by atoms with E-state index >= 15 is 0 Å². The predicted molar refractivity (Wildman–Crippen MR) is 85.9 cm³/mol. The summed E-state index contributed by atoms with van der Waals surface area (Å²) in [5.74, 6) is -2.74. The minimum absolute atomic E-state index is 0.0528. The predicted octanol–water partition coefficient (Wildman–Crippen LogP) is 2.75. The number of carbonyl (C=O) groups excluding carboxylic acids is 1. The SMILES string of the molecule is O=C(COc1ccc(Cl)cc1)Nc1cc(C(=O)O)cc(C(=O)O)c1. The number of benzene rings is 2. The van der Waals surface area contributed by atoms with E-state index in [4.69, 9.17) is 26.6 Å². The van der Waals surface area contributed by atoms with Gasteiger partial charge in [-0.05, 0) is 42.5 Å². The fourth-order valence-corrected chi connectivity index (χ4v) is 1.95. The Morgan fingerprint density at radius 1 is 0.958 bits per heavy atom. The number of hydrogen-bond donors (Lipinski definition) is 3. The van der Waals surface area contributed by atoms with Gasteiger partial charge >= 0.3 is 11.9 Å². The second-order valence-corrected chi connectivity index (χ2v) is 5.14. The van der Waals surface area contributed by atoms with Crippen molar-refractivity contribution >= 4 is 35.1 Å². The highest BCUT2D eigenvalue weighted by molar-refractivity contribution is 6.30. The average molecular weight is 350 g/mol.